The zero-order valence-corrected chi connectivity index (χ0v) is 15.7. The van der Waals surface area contributed by atoms with Gasteiger partial charge in [-0.1, -0.05) is 23.2 Å². The SMILES string of the molecule is Cc1cc(C(=O)/C=C/c2ccc(COc3ccc(Cl)cc3Cl)o2)n(C)n1. The Labute approximate surface area is 160 Å². The molecule has 7 heteroatoms. The van der Waals surface area contributed by atoms with Gasteiger partial charge >= 0.3 is 0 Å². The maximum absolute atomic E-state index is 12.2. The van der Waals surface area contributed by atoms with Crippen molar-refractivity contribution in [2.75, 3.05) is 0 Å². The van der Waals surface area contributed by atoms with Gasteiger partial charge in [-0.05, 0) is 55.5 Å². The molecule has 2 aromatic heterocycles. The largest absolute Gasteiger partial charge is 0.484 e. The van der Waals surface area contributed by atoms with Crippen molar-refractivity contribution < 1.29 is 13.9 Å². The fourth-order valence-corrected chi connectivity index (χ4v) is 2.85. The lowest BCUT2D eigenvalue weighted by atomic mass is 10.2. The average molecular weight is 391 g/mol. The molecular formula is C19H16Cl2N2O3. The molecule has 0 atom stereocenters. The molecule has 1 aromatic carbocycles. The van der Waals surface area contributed by atoms with Crippen LogP contribution in [0.1, 0.15) is 27.7 Å². The van der Waals surface area contributed by atoms with Crippen molar-refractivity contribution in [2.24, 2.45) is 7.05 Å². The van der Waals surface area contributed by atoms with Crippen LogP contribution in [-0.2, 0) is 13.7 Å². The molecule has 0 saturated carbocycles. The summed E-state index contributed by atoms with van der Waals surface area (Å²) in [5.74, 6) is 1.54. The Kier molecular flexibility index (Phi) is 5.49. The average Bonchev–Trinajstić information content (AvgIpc) is 3.18. The van der Waals surface area contributed by atoms with E-state index >= 15 is 0 Å². The summed E-state index contributed by atoms with van der Waals surface area (Å²) in [7, 11) is 1.73. The number of carbonyl (C=O) groups is 1. The van der Waals surface area contributed by atoms with Crippen molar-refractivity contribution in [1.29, 1.82) is 0 Å². The highest BCUT2D eigenvalue weighted by molar-refractivity contribution is 6.35. The van der Waals surface area contributed by atoms with Crippen LogP contribution in [0.5, 0.6) is 5.75 Å². The smallest absolute Gasteiger partial charge is 0.203 e. The summed E-state index contributed by atoms with van der Waals surface area (Å²) in [4.78, 5) is 12.2. The molecule has 0 aliphatic heterocycles. The van der Waals surface area contributed by atoms with Gasteiger partial charge in [0.2, 0.25) is 5.78 Å². The third kappa shape index (κ3) is 4.36. The van der Waals surface area contributed by atoms with Gasteiger partial charge in [0.25, 0.3) is 0 Å². The lowest BCUT2D eigenvalue weighted by molar-refractivity contribution is 0.103. The van der Waals surface area contributed by atoms with Crippen LogP contribution in [0.3, 0.4) is 0 Å². The highest BCUT2D eigenvalue weighted by Gasteiger charge is 2.09. The molecule has 134 valence electrons. The van der Waals surface area contributed by atoms with Crippen molar-refractivity contribution in [3.05, 3.63) is 75.4 Å². The molecule has 0 unspecified atom stereocenters. The summed E-state index contributed by atoms with van der Waals surface area (Å²) in [5.41, 5.74) is 1.31. The second-order valence-electron chi connectivity index (χ2n) is 5.66. The maximum Gasteiger partial charge on any atom is 0.203 e. The molecule has 0 aliphatic rings. The Morgan fingerprint density at radius 3 is 2.77 bits per heavy atom. The molecule has 0 radical (unpaired) electrons. The first-order valence-electron chi connectivity index (χ1n) is 7.82. The molecule has 0 bridgehead atoms. The van der Waals surface area contributed by atoms with Crippen molar-refractivity contribution in [2.45, 2.75) is 13.5 Å². The van der Waals surface area contributed by atoms with Crippen molar-refractivity contribution in [3.63, 3.8) is 0 Å². The van der Waals surface area contributed by atoms with Gasteiger partial charge in [0.05, 0.1) is 10.7 Å². The molecule has 0 spiro atoms. The first-order valence-corrected chi connectivity index (χ1v) is 8.57. The van der Waals surface area contributed by atoms with Gasteiger partial charge in [-0.15, -0.1) is 0 Å². The fraction of sp³-hybridized carbons (Fsp3) is 0.158. The number of halogens is 2. The summed E-state index contributed by atoms with van der Waals surface area (Å²) < 4.78 is 12.8. The summed E-state index contributed by atoms with van der Waals surface area (Å²) in [5, 5.41) is 5.13. The minimum Gasteiger partial charge on any atom is -0.484 e. The van der Waals surface area contributed by atoms with Crippen LogP contribution in [0, 0.1) is 6.92 Å². The Morgan fingerprint density at radius 2 is 2.08 bits per heavy atom. The van der Waals surface area contributed by atoms with E-state index in [1.165, 1.54) is 6.08 Å². The van der Waals surface area contributed by atoms with E-state index in [4.69, 9.17) is 32.4 Å². The number of carbonyl (C=O) groups excluding carboxylic acids is 1. The van der Waals surface area contributed by atoms with Gasteiger partial charge in [-0.25, -0.2) is 0 Å². The number of benzene rings is 1. The number of ether oxygens (including phenoxy) is 1. The molecule has 0 N–H and O–H groups in total. The minimum absolute atomic E-state index is 0.143. The van der Waals surface area contributed by atoms with E-state index in [9.17, 15) is 4.79 Å². The molecule has 5 nitrogen and oxygen atoms in total. The molecule has 0 saturated heterocycles. The summed E-state index contributed by atoms with van der Waals surface area (Å²) >= 11 is 11.9. The molecule has 3 rings (SSSR count). The molecule has 2 heterocycles. The summed E-state index contributed by atoms with van der Waals surface area (Å²) in [6.07, 6.45) is 3.07. The first kappa shape index (κ1) is 18.3. The Morgan fingerprint density at radius 1 is 1.27 bits per heavy atom. The van der Waals surface area contributed by atoms with E-state index in [0.29, 0.717) is 33.0 Å². The zero-order valence-electron chi connectivity index (χ0n) is 14.2. The third-order valence-corrected chi connectivity index (χ3v) is 4.13. The van der Waals surface area contributed by atoms with Gasteiger partial charge in [0, 0.05) is 12.1 Å². The predicted octanol–water partition coefficient (Wildman–Crippen LogP) is 5.10. The third-order valence-electron chi connectivity index (χ3n) is 3.60. The van der Waals surface area contributed by atoms with Crippen LogP contribution in [0.25, 0.3) is 6.08 Å². The number of aryl methyl sites for hydroxylation is 2. The molecule has 0 aliphatic carbocycles. The van der Waals surface area contributed by atoms with Crippen LogP contribution >= 0.6 is 23.2 Å². The number of nitrogens with zero attached hydrogens (tertiary/aromatic N) is 2. The second kappa shape index (κ2) is 7.81. The number of rotatable bonds is 6. The number of aromatic nitrogens is 2. The van der Waals surface area contributed by atoms with E-state index in [1.807, 2.05) is 6.92 Å². The van der Waals surface area contributed by atoms with Crippen molar-refractivity contribution in [1.82, 2.24) is 9.78 Å². The number of hydrogen-bond acceptors (Lipinski definition) is 4. The second-order valence-corrected chi connectivity index (χ2v) is 6.50. The highest BCUT2D eigenvalue weighted by atomic mass is 35.5. The molecule has 3 aromatic rings. The zero-order chi connectivity index (χ0) is 18.7. The quantitative estimate of drug-likeness (QED) is 0.433. The number of ketones is 1. The van der Waals surface area contributed by atoms with Crippen LogP contribution in [0.15, 0.2) is 46.9 Å². The van der Waals surface area contributed by atoms with Gasteiger partial charge in [-0.2, -0.15) is 5.10 Å². The van der Waals surface area contributed by atoms with E-state index in [0.717, 1.165) is 5.69 Å². The summed E-state index contributed by atoms with van der Waals surface area (Å²) in [6, 6.07) is 10.3. The van der Waals surface area contributed by atoms with E-state index in [-0.39, 0.29) is 12.4 Å². The standard InChI is InChI=1S/C19H16Cl2N2O3/c1-12-9-17(23(2)22-12)18(24)7-6-14-4-5-15(26-14)11-25-19-8-3-13(20)10-16(19)21/h3-10H,11H2,1-2H3/b7-6+. The van der Waals surface area contributed by atoms with Crippen LogP contribution in [0.4, 0.5) is 0 Å². The lowest BCUT2D eigenvalue weighted by Gasteiger charge is -2.06. The van der Waals surface area contributed by atoms with Crippen molar-refractivity contribution in [3.8, 4) is 5.75 Å². The topological polar surface area (TPSA) is 57.3 Å². The van der Waals surface area contributed by atoms with Crippen molar-refractivity contribution >= 4 is 35.1 Å². The maximum atomic E-state index is 12.2. The van der Waals surface area contributed by atoms with Gasteiger partial charge in [-0.3, -0.25) is 9.48 Å². The first-order chi connectivity index (χ1) is 12.4. The number of furan rings is 1. The van der Waals surface area contributed by atoms with Crippen LogP contribution in [0.2, 0.25) is 10.0 Å². The van der Waals surface area contributed by atoms with Gasteiger partial charge in [0.1, 0.15) is 29.6 Å². The molecule has 0 fully saturated rings. The number of allylic oxidation sites excluding steroid dienone is 1. The normalized spacial score (nSPS) is 11.2. The lowest BCUT2D eigenvalue weighted by Crippen LogP contribution is -2.03. The molecular weight excluding hydrogens is 375 g/mol. The molecule has 0 amide bonds. The van der Waals surface area contributed by atoms with Gasteiger partial charge in [0.15, 0.2) is 0 Å². The van der Waals surface area contributed by atoms with E-state index in [2.05, 4.69) is 5.10 Å². The Bertz CT molecular complexity index is 973. The Balaban J connectivity index is 1.62. The van der Waals surface area contributed by atoms with Crippen LogP contribution in [-0.4, -0.2) is 15.6 Å². The molecule has 26 heavy (non-hydrogen) atoms. The van der Waals surface area contributed by atoms with Crippen LogP contribution < -0.4 is 4.74 Å². The van der Waals surface area contributed by atoms with E-state index < -0.39 is 0 Å². The minimum atomic E-state index is -0.143. The van der Waals surface area contributed by atoms with Gasteiger partial charge < -0.3 is 9.15 Å². The predicted molar refractivity (Wildman–Crippen MR) is 101 cm³/mol. The fourth-order valence-electron chi connectivity index (χ4n) is 2.39. The van der Waals surface area contributed by atoms with E-state index in [1.54, 1.807) is 54.2 Å². The number of hydrogen-bond donors (Lipinski definition) is 0. The Hall–Kier alpha value is -2.50. The monoisotopic (exact) mass is 390 g/mol. The summed E-state index contributed by atoms with van der Waals surface area (Å²) in [6.45, 7) is 2.05. The highest BCUT2D eigenvalue weighted by Crippen LogP contribution is 2.28.